The molecule has 3 heteroatoms. The number of allylic oxidation sites excluding steroid dienone is 1. The van der Waals surface area contributed by atoms with Gasteiger partial charge in [0.25, 0.3) is 0 Å². The average molecular weight is 752 g/mol. The van der Waals surface area contributed by atoms with Crippen molar-refractivity contribution < 1.29 is 0 Å². The zero-order chi connectivity index (χ0) is 38.8. The fraction of sp³-hybridized carbons (Fsp3) is 0.0536. The molecule has 59 heavy (non-hydrogen) atoms. The van der Waals surface area contributed by atoms with Crippen molar-refractivity contribution in [3.63, 3.8) is 0 Å². The van der Waals surface area contributed by atoms with Gasteiger partial charge in [-0.3, -0.25) is 4.99 Å². The van der Waals surface area contributed by atoms with Gasteiger partial charge in [-0.15, -0.1) is 0 Å². The van der Waals surface area contributed by atoms with Gasteiger partial charge in [-0.2, -0.15) is 0 Å². The standard InChI is InChI=1S/C56H37N3/c1-2-34-32-49(57-48-20-10-7-18-44(48)52(34)39-24-23-35-13-3-4-15-38(35)31-39)37-25-28-40(29-26-37)58-54-41-16-6-5-14-36(41)27-30-43(54)47-33-46-42-17-8-11-21-50(42)59-51-22-12-9-19-45(51)53(55(47)58)56(46)59/h3-31,33H,2,32H2,1H3. The molecule has 276 valence electrons. The minimum absolute atomic E-state index is 0.788. The van der Waals surface area contributed by atoms with Gasteiger partial charge in [0.05, 0.1) is 39.0 Å². The maximum absolute atomic E-state index is 5.46. The lowest BCUT2D eigenvalue weighted by atomic mass is 9.88. The number of rotatable bonds is 4. The van der Waals surface area contributed by atoms with Crippen LogP contribution >= 0.6 is 0 Å². The van der Waals surface area contributed by atoms with Crippen molar-refractivity contribution in [1.82, 2.24) is 8.97 Å². The molecule has 0 fully saturated rings. The molecule has 0 N–H and O–H groups in total. The van der Waals surface area contributed by atoms with Crippen molar-refractivity contribution in [3.8, 4) is 5.69 Å². The average Bonchev–Trinajstić information content (AvgIpc) is 3.89. The Morgan fingerprint density at radius 3 is 1.95 bits per heavy atom. The van der Waals surface area contributed by atoms with Crippen molar-refractivity contribution in [1.29, 1.82) is 0 Å². The fourth-order valence-electron chi connectivity index (χ4n) is 10.4. The largest absolute Gasteiger partial charge is 0.308 e. The van der Waals surface area contributed by atoms with E-state index < -0.39 is 0 Å². The third-order valence-corrected chi connectivity index (χ3v) is 13.1. The molecule has 0 saturated heterocycles. The maximum atomic E-state index is 5.46. The molecule has 0 aliphatic carbocycles. The summed E-state index contributed by atoms with van der Waals surface area (Å²) in [5, 5.41) is 12.7. The third kappa shape index (κ3) is 4.56. The molecule has 12 aromatic rings. The summed E-state index contributed by atoms with van der Waals surface area (Å²) in [5.41, 5.74) is 15.9. The van der Waals surface area contributed by atoms with Gasteiger partial charge in [-0.05, 0) is 81.7 Å². The van der Waals surface area contributed by atoms with Crippen LogP contribution in [0.2, 0.25) is 0 Å². The number of benzene rings is 9. The Morgan fingerprint density at radius 1 is 0.475 bits per heavy atom. The number of hydrogen-bond acceptors (Lipinski definition) is 1. The Bertz CT molecular complexity index is 3780. The van der Waals surface area contributed by atoms with Crippen LogP contribution in [0.3, 0.4) is 0 Å². The molecule has 0 amide bonds. The van der Waals surface area contributed by atoms with E-state index in [9.17, 15) is 0 Å². The molecule has 1 aliphatic rings. The van der Waals surface area contributed by atoms with Crippen LogP contribution in [0.5, 0.6) is 0 Å². The van der Waals surface area contributed by atoms with Crippen LogP contribution in [0.4, 0.5) is 5.69 Å². The lowest BCUT2D eigenvalue weighted by Gasteiger charge is -2.16. The van der Waals surface area contributed by atoms with E-state index in [0.717, 1.165) is 35.5 Å². The zero-order valence-electron chi connectivity index (χ0n) is 32.6. The second-order valence-corrected chi connectivity index (χ2v) is 16.1. The van der Waals surface area contributed by atoms with Crippen molar-refractivity contribution in [2.24, 2.45) is 4.99 Å². The van der Waals surface area contributed by atoms with E-state index in [1.807, 2.05) is 0 Å². The highest BCUT2D eigenvalue weighted by Gasteiger charge is 2.26. The molecule has 13 rings (SSSR count). The van der Waals surface area contributed by atoms with Gasteiger partial charge in [0.2, 0.25) is 0 Å². The zero-order valence-corrected chi connectivity index (χ0v) is 32.6. The Morgan fingerprint density at radius 2 is 1.12 bits per heavy atom. The SMILES string of the molecule is CCC1=C(c2ccc3ccccc3c2)c2ccccc2N=C(c2ccc(-n3c4c5ccccc5ccc4c4cc5c6ccccc6n6c7ccccc7c(c43)c56)cc2)C1. The summed E-state index contributed by atoms with van der Waals surface area (Å²) >= 11 is 0. The molecule has 0 radical (unpaired) electrons. The molecule has 3 aromatic heterocycles. The summed E-state index contributed by atoms with van der Waals surface area (Å²) in [6.45, 7) is 2.29. The highest BCUT2D eigenvalue weighted by Crippen LogP contribution is 2.48. The molecule has 0 atom stereocenters. The van der Waals surface area contributed by atoms with Gasteiger partial charge in [0.15, 0.2) is 0 Å². The molecular formula is C56H37N3. The van der Waals surface area contributed by atoms with Gasteiger partial charge in [0.1, 0.15) is 0 Å². The highest BCUT2D eigenvalue weighted by molar-refractivity contribution is 6.35. The monoisotopic (exact) mass is 751 g/mol. The van der Waals surface area contributed by atoms with Crippen molar-refractivity contribution in [2.45, 2.75) is 19.8 Å². The van der Waals surface area contributed by atoms with Crippen LogP contribution in [-0.2, 0) is 0 Å². The summed E-state index contributed by atoms with van der Waals surface area (Å²) in [6.07, 6.45) is 1.73. The molecule has 0 unspecified atom stereocenters. The summed E-state index contributed by atoms with van der Waals surface area (Å²) in [6, 6.07) is 67.2. The Balaban J connectivity index is 1.05. The third-order valence-electron chi connectivity index (χ3n) is 13.1. The molecular weight excluding hydrogens is 715 g/mol. The molecule has 0 saturated carbocycles. The highest BCUT2D eigenvalue weighted by atomic mass is 15.0. The minimum atomic E-state index is 0.788. The minimum Gasteiger partial charge on any atom is -0.308 e. The van der Waals surface area contributed by atoms with E-state index in [2.05, 4.69) is 198 Å². The van der Waals surface area contributed by atoms with Gasteiger partial charge >= 0.3 is 0 Å². The van der Waals surface area contributed by atoms with E-state index in [-0.39, 0.29) is 0 Å². The van der Waals surface area contributed by atoms with Crippen LogP contribution in [-0.4, -0.2) is 14.7 Å². The van der Waals surface area contributed by atoms with Crippen molar-refractivity contribution >= 4 is 98.4 Å². The summed E-state index contributed by atoms with van der Waals surface area (Å²) in [5.74, 6) is 0. The van der Waals surface area contributed by atoms with Gasteiger partial charge in [0, 0.05) is 55.4 Å². The van der Waals surface area contributed by atoms with Crippen LogP contribution in [0.25, 0.3) is 92.7 Å². The molecule has 3 nitrogen and oxygen atoms in total. The van der Waals surface area contributed by atoms with Gasteiger partial charge < -0.3 is 8.97 Å². The predicted octanol–water partition coefficient (Wildman–Crippen LogP) is 15.0. The lowest BCUT2D eigenvalue weighted by Crippen LogP contribution is -2.04. The topological polar surface area (TPSA) is 21.7 Å². The van der Waals surface area contributed by atoms with Crippen molar-refractivity contribution in [3.05, 3.63) is 204 Å². The number of nitrogens with zero attached hydrogens (tertiary/aromatic N) is 3. The molecule has 4 heterocycles. The number of fused-ring (bicyclic) bond motifs is 14. The second-order valence-electron chi connectivity index (χ2n) is 16.1. The number of hydrogen-bond donors (Lipinski definition) is 0. The van der Waals surface area contributed by atoms with Gasteiger partial charge in [-0.25, -0.2) is 0 Å². The first-order valence-electron chi connectivity index (χ1n) is 20.7. The first-order valence-corrected chi connectivity index (χ1v) is 20.7. The van der Waals surface area contributed by atoms with Crippen LogP contribution in [0.15, 0.2) is 193 Å². The van der Waals surface area contributed by atoms with Crippen LogP contribution in [0.1, 0.15) is 36.5 Å². The van der Waals surface area contributed by atoms with Crippen molar-refractivity contribution in [2.75, 3.05) is 0 Å². The summed E-state index contributed by atoms with van der Waals surface area (Å²) in [4.78, 5) is 5.46. The molecule has 1 aliphatic heterocycles. The lowest BCUT2D eigenvalue weighted by molar-refractivity contribution is 1.06. The number of aliphatic imine (C=N–C) groups is 1. The first kappa shape index (κ1) is 32.6. The molecule has 0 spiro atoms. The predicted molar refractivity (Wildman–Crippen MR) is 250 cm³/mol. The van der Waals surface area contributed by atoms with Crippen LogP contribution < -0.4 is 0 Å². The van der Waals surface area contributed by atoms with E-state index in [1.54, 1.807) is 0 Å². The first-order chi connectivity index (χ1) is 29.2. The summed E-state index contributed by atoms with van der Waals surface area (Å²) < 4.78 is 5.04. The molecule has 0 bridgehead atoms. The quantitative estimate of drug-likeness (QED) is 0.171. The Kier molecular flexibility index (Phi) is 6.77. The van der Waals surface area contributed by atoms with E-state index in [1.165, 1.54) is 104 Å². The van der Waals surface area contributed by atoms with Crippen LogP contribution in [0, 0.1) is 0 Å². The van der Waals surface area contributed by atoms with E-state index in [0.29, 0.717) is 0 Å². The summed E-state index contributed by atoms with van der Waals surface area (Å²) in [7, 11) is 0. The number of para-hydroxylation sites is 3. The normalized spacial score (nSPS) is 13.5. The smallest absolute Gasteiger partial charge is 0.0711 e. The van der Waals surface area contributed by atoms with E-state index in [4.69, 9.17) is 4.99 Å². The number of aromatic nitrogens is 2. The fourth-order valence-corrected chi connectivity index (χ4v) is 10.4. The van der Waals surface area contributed by atoms with E-state index >= 15 is 0 Å². The Labute approximate surface area is 340 Å². The second kappa shape index (κ2) is 12.3. The maximum Gasteiger partial charge on any atom is 0.0711 e. The molecule has 9 aromatic carbocycles. The Hall–Kier alpha value is -7.49. The van der Waals surface area contributed by atoms with Gasteiger partial charge in [-0.1, -0.05) is 152 Å².